The van der Waals surface area contributed by atoms with Crippen LogP contribution in [0.25, 0.3) is 0 Å². The first kappa shape index (κ1) is 12.3. The molecular weight excluding hydrogens is 196 g/mol. The average Bonchev–Trinajstić information content (AvgIpc) is 2.02. The largest absolute Gasteiger partial charge is 0.365 e. The van der Waals surface area contributed by atoms with Gasteiger partial charge in [0.2, 0.25) is 6.17 Å². The molecule has 0 amide bonds. The normalized spacial score (nSPS) is 18.4. The van der Waals surface area contributed by atoms with E-state index in [0.717, 1.165) is 6.92 Å². The van der Waals surface area contributed by atoms with Crippen molar-refractivity contribution in [1.29, 1.82) is 0 Å². The Morgan fingerprint density at radius 1 is 1.31 bits per heavy atom. The molecule has 0 aliphatic rings. The van der Waals surface area contributed by atoms with Gasteiger partial charge in [0.05, 0.1) is 0 Å². The van der Waals surface area contributed by atoms with Crippen LogP contribution in [0.4, 0.5) is 17.6 Å². The van der Waals surface area contributed by atoms with Crippen LogP contribution in [0.3, 0.4) is 0 Å². The van der Waals surface area contributed by atoms with Gasteiger partial charge in [0.15, 0.2) is 12.1 Å². The first-order valence-corrected chi connectivity index (χ1v) is 3.26. The molecule has 0 aromatic rings. The molecule has 0 aliphatic carbocycles. The van der Waals surface area contributed by atoms with Crippen molar-refractivity contribution in [2.45, 2.75) is 32.2 Å². The number of hydrogen-bond donors (Lipinski definition) is 1. The van der Waals surface area contributed by atoms with Crippen molar-refractivity contribution in [3.63, 3.8) is 0 Å². The van der Waals surface area contributed by atoms with E-state index >= 15 is 0 Å². The minimum Gasteiger partial charge on any atom is -0.365 e. The molecule has 0 rings (SSSR count). The van der Waals surface area contributed by atoms with Crippen LogP contribution in [0.1, 0.15) is 6.92 Å². The number of carbonyl (C=O) groups is 1. The third kappa shape index (κ3) is 4.18. The van der Waals surface area contributed by atoms with Gasteiger partial charge in [0, 0.05) is 0 Å². The monoisotopic (exact) mass is 204 g/mol. The molecule has 0 aromatic heterocycles. The predicted octanol–water partition coefficient (Wildman–Crippen LogP) is 0.809. The summed E-state index contributed by atoms with van der Waals surface area (Å²) in [5.41, 5.74) is 0. The molecular formula is C6H8F4O3. The van der Waals surface area contributed by atoms with Crippen LogP contribution in [0.15, 0.2) is 0 Å². The number of halogens is 4. The molecule has 0 saturated carbocycles. The van der Waals surface area contributed by atoms with E-state index in [1.807, 2.05) is 0 Å². The summed E-state index contributed by atoms with van der Waals surface area (Å²) in [6.07, 6.45) is -11.6. The molecule has 1 N–H and O–H groups in total. The highest BCUT2D eigenvalue weighted by Gasteiger charge is 2.30. The first-order chi connectivity index (χ1) is 5.86. The number of rotatable bonds is 5. The van der Waals surface area contributed by atoms with Gasteiger partial charge in [-0.15, -0.1) is 0 Å². The summed E-state index contributed by atoms with van der Waals surface area (Å²) in [6, 6.07) is 0. The van der Waals surface area contributed by atoms with E-state index in [0.29, 0.717) is 0 Å². The van der Waals surface area contributed by atoms with Crippen molar-refractivity contribution in [2.24, 2.45) is 0 Å². The molecule has 0 aliphatic heterocycles. The van der Waals surface area contributed by atoms with Gasteiger partial charge in [-0.25, -0.2) is 17.6 Å². The summed E-state index contributed by atoms with van der Waals surface area (Å²) in [5.74, 6) is -1.13. The number of ketones is 1. The average molecular weight is 204 g/mol. The van der Waals surface area contributed by atoms with Gasteiger partial charge < -0.3 is 9.84 Å². The van der Waals surface area contributed by atoms with Crippen LogP contribution in [0.2, 0.25) is 0 Å². The molecule has 7 heteroatoms. The van der Waals surface area contributed by atoms with Gasteiger partial charge in [-0.1, -0.05) is 0 Å². The number of ether oxygens (including phenoxy) is 1. The molecule has 0 aromatic carbocycles. The quantitative estimate of drug-likeness (QED) is 0.532. The second-order valence-corrected chi connectivity index (χ2v) is 2.22. The molecule has 0 spiro atoms. The highest BCUT2D eigenvalue weighted by Crippen LogP contribution is 2.12. The van der Waals surface area contributed by atoms with E-state index in [9.17, 15) is 22.4 Å². The van der Waals surface area contributed by atoms with Gasteiger partial charge in [-0.2, -0.15) is 0 Å². The summed E-state index contributed by atoms with van der Waals surface area (Å²) in [4.78, 5) is 10.2. The van der Waals surface area contributed by atoms with Crippen LogP contribution in [0, 0.1) is 0 Å². The molecule has 0 saturated heterocycles. The number of carbonyl (C=O) groups excluding carboxylic acids is 1. The van der Waals surface area contributed by atoms with Gasteiger partial charge in [0.25, 0.3) is 12.8 Å². The molecule has 13 heavy (non-hydrogen) atoms. The Balaban J connectivity index is 3.99. The standard InChI is InChI=1S/C6H8F4O3/c1-2(11)3(7)6(12)13-5(10)4(8)9/h3-6,12H,1H3. The second-order valence-electron chi connectivity index (χ2n) is 2.22. The minimum atomic E-state index is -3.49. The zero-order valence-electron chi connectivity index (χ0n) is 6.58. The maximum Gasteiger partial charge on any atom is 0.293 e. The maximum absolute atomic E-state index is 12.4. The summed E-state index contributed by atoms with van der Waals surface area (Å²) in [5, 5.41) is 8.52. The second kappa shape index (κ2) is 5.13. The third-order valence-electron chi connectivity index (χ3n) is 1.11. The molecule has 78 valence electrons. The predicted molar refractivity (Wildman–Crippen MR) is 33.6 cm³/mol. The zero-order chi connectivity index (χ0) is 10.6. The molecule has 3 unspecified atom stereocenters. The number of aliphatic hydroxyl groups excluding tert-OH is 1. The lowest BCUT2D eigenvalue weighted by Crippen LogP contribution is -2.35. The van der Waals surface area contributed by atoms with Crippen LogP contribution in [-0.4, -0.2) is 36.1 Å². The topological polar surface area (TPSA) is 46.5 Å². The van der Waals surface area contributed by atoms with E-state index in [1.54, 1.807) is 0 Å². The number of aliphatic hydroxyl groups is 1. The van der Waals surface area contributed by atoms with Gasteiger partial charge in [-0.3, -0.25) is 4.79 Å². The van der Waals surface area contributed by atoms with Crippen LogP contribution in [0.5, 0.6) is 0 Å². The minimum absolute atomic E-state index is 0.771. The highest BCUT2D eigenvalue weighted by atomic mass is 19.3. The molecule has 0 fully saturated rings. The number of Topliss-reactive ketones (excluding diaryl/α,β-unsaturated/α-hetero) is 1. The summed E-state index contributed by atoms with van der Waals surface area (Å²) >= 11 is 0. The molecule has 0 radical (unpaired) electrons. The van der Waals surface area contributed by atoms with Gasteiger partial charge >= 0.3 is 0 Å². The number of alkyl halides is 4. The van der Waals surface area contributed by atoms with Crippen molar-refractivity contribution in [1.82, 2.24) is 0 Å². The fourth-order valence-corrected chi connectivity index (χ4v) is 0.462. The van der Waals surface area contributed by atoms with Crippen molar-refractivity contribution < 1.29 is 32.2 Å². The number of hydrogen-bond acceptors (Lipinski definition) is 3. The fraction of sp³-hybridized carbons (Fsp3) is 0.833. The SMILES string of the molecule is CC(=O)C(F)C(O)OC(F)C(F)F. The summed E-state index contributed by atoms with van der Waals surface area (Å²) in [6.45, 7) is 0.771. The maximum atomic E-state index is 12.4. The Morgan fingerprint density at radius 3 is 2.08 bits per heavy atom. The van der Waals surface area contributed by atoms with Gasteiger partial charge in [-0.05, 0) is 6.92 Å². The molecule has 0 bridgehead atoms. The first-order valence-electron chi connectivity index (χ1n) is 3.26. The highest BCUT2D eigenvalue weighted by molar-refractivity contribution is 5.80. The van der Waals surface area contributed by atoms with Crippen LogP contribution in [-0.2, 0) is 9.53 Å². The Morgan fingerprint density at radius 2 is 1.77 bits per heavy atom. The fourth-order valence-electron chi connectivity index (χ4n) is 0.462. The van der Waals surface area contributed by atoms with Crippen molar-refractivity contribution >= 4 is 5.78 Å². The third-order valence-corrected chi connectivity index (χ3v) is 1.11. The van der Waals surface area contributed by atoms with E-state index in [4.69, 9.17) is 5.11 Å². The smallest absolute Gasteiger partial charge is 0.293 e. The van der Waals surface area contributed by atoms with E-state index in [-0.39, 0.29) is 0 Å². The summed E-state index contributed by atoms with van der Waals surface area (Å²) < 4.78 is 50.7. The van der Waals surface area contributed by atoms with Crippen molar-refractivity contribution in [3.8, 4) is 0 Å². The summed E-state index contributed by atoms with van der Waals surface area (Å²) in [7, 11) is 0. The molecule has 3 atom stereocenters. The Hall–Kier alpha value is -0.690. The lowest BCUT2D eigenvalue weighted by molar-refractivity contribution is -0.234. The van der Waals surface area contributed by atoms with E-state index < -0.39 is 31.0 Å². The Bertz CT molecular complexity index is 175. The Labute approximate surface area is 71.3 Å². The van der Waals surface area contributed by atoms with Crippen molar-refractivity contribution in [3.05, 3.63) is 0 Å². The molecule has 0 heterocycles. The van der Waals surface area contributed by atoms with E-state index in [1.165, 1.54) is 0 Å². The lowest BCUT2D eigenvalue weighted by Gasteiger charge is -2.16. The lowest BCUT2D eigenvalue weighted by atomic mass is 10.3. The zero-order valence-corrected chi connectivity index (χ0v) is 6.58. The van der Waals surface area contributed by atoms with Crippen LogP contribution >= 0.6 is 0 Å². The van der Waals surface area contributed by atoms with Crippen molar-refractivity contribution in [2.75, 3.05) is 0 Å². The van der Waals surface area contributed by atoms with E-state index in [2.05, 4.69) is 4.74 Å². The molecule has 3 nitrogen and oxygen atoms in total. The van der Waals surface area contributed by atoms with Gasteiger partial charge in [0.1, 0.15) is 0 Å². The van der Waals surface area contributed by atoms with Crippen LogP contribution < -0.4 is 0 Å². The Kier molecular flexibility index (Phi) is 4.86.